The molecule has 1 saturated heterocycles. The van der Waals surface area contributed by atoms with Crippen molar-refractivity contribution >= 4 is 28.7 Å². The van der Waals surface area contributed by atoms with Gasteiger partial charge in [-0.25, -0.2) is 14.8 Å². The first-order valence-corrected chi connectivity index (χ1v) is 6.37. The van der Waals surface area contributed by atoms with E-state index in [4.69, 9.17) is 16.7 Å². The second-order valence-electron chi connectivity index (χ2n) is 4.54. The van der Waals surface area contributed by atoms with Crippen molar-refractivity contribution in [2.45, 2.75) is 18.8 Å². The number of H-pyrrole nitrogens is 1. The molecule has 0 aromatic carbocycles. The van der Waals surface area contributed by atoms with Crippen LogP contribution in [0.3, 0.4) is 0 Å². The lowest BCUT2D eigenvalue weighted by Crippen LogP contribution is -2.36. The van der Waals surface area contributed by atoms with Gasteiger partial charge in [0.15, 0.2) is 5.65 Å². The van der Waals surface area contributed by atoms with Crippen molar-refractivity contribution < 1.29 is 9.90 Å². The summed E-state index contributed by atoms with van der Waals surface area (Å²) in [5.41, 5.74) is 1.46. The Kier molecular flexibility index (Phi) is 2.98. The summed E-state index contributed by atoms with van der Waals surface area (Å²) in [5, 5.41) is 17.2. The first kappa shape index (κ1) is 12.2. The number of rotatable bonds is 1. The molecular weight excluding hydrogens is 270 g/mol. The molecule has 1 aliphatic heterocycles. The predicted octanol–water partition coefficient (Wildman–Crippen LogP) is 1.86. The molecule has 1 fully saturated rings. The molecule has 0 atom stereocenters. The van der Waals surface area contributed by atoms with Gasteiger partial charge < -0.3 is 10.0 Å². The van der Waals surface area contributed by atoms with Crippen LogP contribution in [0.15, 0.2) is 6.33 Å². The fourth-order valence-electron chi connectivity index (χ4n) is 2.48. The largest absolute Gasteiger partial charge is 0.465 e. The van der Waals surface area contributed by atoms with E-state index in [9.17, 15) is 4.79 Å². The molecule has 7 nitrogen and oxygen atoms in total. The van der Waals surface area contributed by atoms with Crippen molar-refractivity contribution in [3.8, 4) is 0 Å². The zero-order valence-electron chi connectivity index (χ0n) is 10.0. The summed E-state index contributed by atoms with van der Waals surface area (Å²) < 4.78 is 0. The lowest BCUT2D eigenvalue weighted by Gasteiger charge is -2.29. The summed E-state index contributed by atoms with van der Waals surface area (Å²) in [6.07, 6.45) is 1.99. The minimum atomic E-state index is -0.869. The Hall–Kier alpha value is -1.89. The number of carboxylic acid groups (broad SMARTS) is 1. The van der Waals surface area contributed by atoms with E-state index >= 15 is 0 Å². The SMILES string of the molecule is O=C(O)N1CCC(c2n[nH]c3ncnc(Cl)c23)CC1. The van der Waals surface area contributed by atoms with Crippen LogP contribution < -0.4 is 0 Å². The van der Waals surface area contributed by atoms with Gasteiger partial charge in [-0.3, -0.25) is 5.10 Å². The summed E-state index contributed by atoms with van der Waals surface area (Å²) in [4.78, 5) is 20.3. The van der Waals surface area contributed by atoms with E-state index < -0.39 is 6.09 Å². The van der Waals surface area contributed by atoms with Gasteiger partial charge in [0.25, 0.3) is 0 Å². The van der Waals surface area contributed by atoms with Gasteiger partial charge in [-0.2, -0.15) is 5.10 Å². The maximum atomic E-state index is 10.9. The average molecular weight is 282 g/mol. The lowest BCUT2D eigenvalue weighted by atomic mass is 9.92. The number of hydrogen-bond acceptors (Lipinski definition) is 4. The highest BCUT2D eigenvalue weighted by atomic mass is 35.5. The van der Waals surface area contributed by atoms with E-state index in [0.29, 0.717) is 23.9 Å². The molecule has 19 heavy (non-hydrogen) atoms. The van der Waals surface area contributed by atoms with Gasteiger partial charge in [0.2, 0.25) is 0 Å². The highest BCUT2D eigenvalue weighted by Crippen LogP contribution is 2.33. The maximum Gasteiger partial charge on any atom is 0.407 e. The van der Waals surface area contributed by atoms with Crippen LogP contribution in [0.2, 0.25) is 5.15 Å². The summed E-state index contributed by atoms with van der Waals surface area (Å²) in [6.45, 7) is 1.03. The van der Waals surface area contributed by atoms with E-state index in [1.54, 1.807) is 0 Å². The van der Waals surface area contributed by atoms with Gasteiger partial charge in [0, 0.05) is 19.0 Å². The summed E-state index contributed by atoms with van der Waals surface area (Å²) in [5.74, 6) is 0.188. The molecule has 0 saturated carbocycles. The third-order valence-corrected chi connectivity index (χ3v) is 3.78. The topological polar surface area (TPSA) is 95.0 Å². The van der Waals surface area contributed by atoms with Crippen molar-refractivity contribution in [2.75, 3.05) is 13.1 Å². The van der Waals surface area contributed by atoms with Crippen molar-refractivity contribution in [3.05, 3.63) is 17.2 Å². The standard InChI is InChI=1S/C11H12ClN5O2/c12-9-7-8(15-16-10(7)14-5-13-9)6-1-3-17(4-2-6)11(18)19/h5-6H,1-4H2,(H,18,19)(H,13,14,15,16). The van der Waals surface area contributed by atoms with E-state index in [0.717, 1.165) is 23.9 Å². The van der Waals surface area contributed by atoms with Gasteiger partial charge in [0.1, 0.15) is 11.5 Å². The van der Waals surface area contributed by atoms with E-state index in [2.05, 4.69) is 20.2 Å². The van der Waals surface area contributed by atoms with Crippen LogP contribution in [-0.4, -0.2) is 49.4 Å². The number of fused-ring (bicyclic) bond motifs is 1. The zero-order chi connectivity index (χ0) is 13.4. The van der Waals surface area contributed by atoms with Crippen LogP contribution in [0.4, 0.5) is 4.79 Å². The molecule has 2 aromatic rings. The van der Waals surface area contributed by atoms with Crippen LogP contribution in [0.25, 0.3) is 11.0 Å². The molecule has 0 aliphatic carbocycles. The molecule has 1 amide bonds. The molecule has 0 radical (unpaired) electrons. The van der Waals surface area contributed by atoms with Gasteiger partial charge in [-0.1, -0.05) is 11.6 Å². The maximum absolute atomic E-state index is 10.9. The molecule has 0 unspecified atom stereocenters. The number of likely N-dealkylation sites (tertiary alicyclic amines) is 1. The van der Waals surface area contributed by atoms with Crippen molar-refractivity contribution in [1.29, 1.82) is 0 Å². The summed E-state index contributed by atoms with van der Waals surface area (Å²) >= 11 is 6.09. The molecule has 2 N–H and O–H groups in total. The third-order valence-electron chi connectivity index (χ3n) is 3.49. The fourth-order valence-corrected chi connectivity index (χ4v) is 2.71. The molecule has 1 aliphatic rings. The van der Waals surface area contributed by atoms with Crippen LogP contribution in [-0.2, 0) is 0 Å². The monoisotopic (exact) mass is 281 g/mol. The Balaban J connectivity index is 1.88. The van der Waals surface area contributed by atoms with Gasteiger partial charge in [-0.05, 0) is 12.8 Å². The van der Waals surface area contributed by atoms with Crippen molar-refractivity contribution in [1.82, 2.24) is 25.1 Å². The van der Waals surface area contributed by atoms with Crippen LogP contribution in [0.5, 0.6) is 0 Å². The molecule has 100 valence electrons. The number of nitrogens with one attached hydrogen (secondary N) is 1. The molecule has 0 bridgehead atoms. The van der Waals surface area contributed by atoms with Gasteiger partial charge >= 0.3 is 6.09 Å². The van der Waals surface area contributed by atoms with E-state index in [1.807, 2.05) is 0 Å². The number of amides is 1. The Morgan fingerprint density at radius 1 is 1.42 bits per heavy atom. The zero-order valence-corrected chi connectivity index (χ0v) is 10.8. The Morgan fingerprint density at radius 2 is 2.16 bits per heavy atom. The smallest absolute Gasteiger partial charge is 0.407 e. The Morgan fingerprint density at radius 3 is 2.84 bits per heavy atom. The molecule has 3 rings (SSSR count). The van der Waals surface area contributed by atoms with E-state index in [1.165, 1.54) is 11.2 Å². The minimum Gasteiger partial charge on any atom is -0.465 e. The summed E-state index contributed by atoms with van der Waals surface area (Å²) in [7, 11) is 0. The number of aromatic amines is 1. The van der Waals surface area contributed by atoms with Crippen LogP contribution in [0.1, 0.15) is 24.5 Å². The first-order chi connectivity index (χ1) is 9.16. The summed E-state index contributed by atoms with van der Waals surface area (Å²) in [6, 6.07) is 0. The van der Waals surface area contributed by atoms with Gasteiger partial charge in [0.05, 0.1) is 11.1 Å². The number of hydrogen-bond donors (Lipinski definition) is 2. The van der Waals surface area contributed by atoms with E-state index in [-0.39, 0.29) is 5.92 Å². The molecule has 2 aromatic heterocycles. The van der Waals surface area contributed by atoms with Crippen molar-refractivity contribution in [2.24, 2.45) is 0 Å². The molecule has 3 heterocycles. The molecule has 8 heteroatoms. The van der Waals surface area contributed by atoms with Gasteiger partial charge in [-0.15, -0.1) is 0 Å². The number of aromatic nitrogens is 4. The lowest BCUT2D eigenvalue weighted by molar-refractivity contribution is 0.132. The average Bonchev–Trinajstić information content (AvgIpc) is 2.84. The second-order valence-corrected chi connectivity index (χ2v) is 4.90. The van der Waals surface area contributed by atoms with Crippen LogP contribution >= 0.6 is 11.6 Å². The minimum absolute atomic E-state index is 0.188. The second kappa shape index (κ2) is 4.65. The Labute approximate surface area is 113 Å². The third kappa shape index (κ3) is 2.10. The highest BCUT2D eigenvalue weighted by Gasteiger charge is 2.27. The molecular formula is C11H12ClN5O2. The number of nitrogens with zero attached hydrogens (tertiary/aromatic N) is 4. The number of halogens is 1. The molecule has 0 spiro atoms. The fraction of sp³-hybridized carbons (Fsp3) is 0.455. The highest BCUT2D eigenvalue weighted by molar-refractivity contribution is 6.34. The number of carbonyl (C=O) groups is 1. The number of piperidine rings is 1. The van der Waals surface area contributed by atoms with Crippen molar-refractivity contribution in [3.63, 3.8) is 0 Å². The van der Waals surface area contributed by atoms with Crippen LogP contribution in [0, 0.1) is 0 Å². The predicted molar refractivity (Wildman–Crippen MR) is 68.3 cm³/mol. The first-order valence-electron chi connectivity index (χ1n) is 5.99. The quantitative estimate of drug-likeness (QED) is 0.778. The Bertz CT molecular complexity index is 621. The normalized spacial score (nSPS) is 17.0.